The summed E-state index contributed by atoms with van der Waals surface area (Å²) < 4.78 is 5.68. The van der Waals surface area contributed by atoms with Gasteiger partial charge in [-0.3, -0.25) is 14.5 Å². The highest BCUT2D eigenvalue weighted by Crippen LogP contribution is 2.53. The number of nitrogens with zero attached hydrogens (tertiary/aromatic N) is 1. The molecule has 3 aliphatic rings. The number of likely N-dealkylation sites (tertiary alicyclic amines) is 1. The van der Waals surface area contributed by atoms with Crippen molar-refractivity contribution in [3.63, 3.8) is 0 Å². The second-order valence-corrected chi connectivity index (χ2v) is 7.18. The second-order valence-electron chi connectivity index (χ2n) is 5.07. The van der Waals surface area contributed by atoms with Crippen LogP contribution in [0.5, 0.6) is 0 Å². The molecule has 8 heteroatoms. The van der Waals surface area contributed by atoms with Gasteiger partial charge in [0, 0.05) is 0 Å². The van der Waals surface area contributed by atoms with E-state index in [0.29, 0.717) is 0 Å². The van der Waals surface area contributed by atoms with Crippen molar-refractivity contribution in [1.29, 1.82) is 0 Å². The highest BCUT2D eigenvalue weighted by molar-refractivity contribution is 9.12. The predicted molar refractivity (Wildman–Crippen MR) is 70.0 cm³/mol. The number of fused-ring (bicyclic) bond motifs is 5. The number of hydrogen-bond acceptors (Lipinski definition) is 4. The Morgan fingerprint density at radius 1 is 1.21 bits per heavy atom. The number of amides is 2. The molecule has 0 spiro atoms. The molecule has 0 aromatic carbocycles. The molecule has 6 nitrogen and oxygen atoms in total. The minimum atomic E-state index is -1.18. The molecule has 2 bridgehead atoms. The summed E-state index contributed by atoms with van der Waals surface area (Å²) in [6, 6.07) is -1.13. The standard InChI is InChI=1S/C11H11Br2NO5/c1-2(11(17)18)14-9(15)3-4(10(14)16)8-6(13)5(12)7(3)19-8/h2-8H,1H3,(H,17,18)/t2-,3-,4-,5-,6+,7-,8-/m1/s1. The van der Waals surface area contributed by atoms with Gasteiger partial charge in [0.15, 0.2) is 0 Å². The molecule has 104 valence electrons. The number of carboxylic acid groups (broad SMARTS) is 1. The zero-order chi connectivity index (χ0) is 14.1. The van der Waals surface area contributed by atoms with Crippen LogP contribution in [-0.4, -0.2) is 55.7 Å². The van der Waals surface area contributed by atoms with E-state index < -0.39 is 35.7 Å². The van der Waals surface area contributed by atoms with Gasteiger partial charge in [-0.2, -0.15) is 0 Å². The predicted octanol–water partition coefficient (Wildman–Crippen LogP) is 0.369. The Kier molecular flexibility index (Phi) is 3.03. The second kappa shape index (κ2) is 4.26. The first-order valence-electron chi connectivity index (χ1n) is 5.89. The number of alkyl halides is 2. The summed E-state index contributed by atoms with van der Waals surface area (Å²) >= 11 is 6.92. The van der Waals surface area contributed by atoms with E-state index in [9.17, 15) is 14.4 Å². The van der Waals surface area contributed by atoms with E-state index in [0.717, 1.165) is 4.90 Å². The van der Waals surface area contributed by atoms with Gasteiger partial charge in [-0.25, -0.2) is 4.79 Å². The molecule has 0 saturated carbocycles. The smallest absolute Gasteiger partial charge is 0.326 e. The first-order chi connectivity index (χ1) is 8.86. The molecule has 2 amide bonds. The maximum atomic E-state index is 12.3. The fraction of sp³-hybridized carbons (Fsp3) is 0.727. The first kappa shape index (κ1) is 13.5. The Bertz CT molecular complexity index is 452. The highest BCUT2D eigenvalue weighted by atomic mass is 79.9. The number of imide groups is 1. The Balaban J connectivity index is 1.95. The number of halogens is 2. The third kappa shape index (κ3) is 1.59. The van der Waals surface area contributed by atoms with Gasteiger partial charge in [-0.05, 0) is 6.92 Å². The molecule has 19 heavy (non-hydrogen) atoms. The van der Waals surface area contributed by atoms with Crippen LogP contribution in [0.25, 0.3) is 0 Å². The molecule has 1 N–H and O–H groups in total. The quantitative estimate of drug-likeness (QED) is 0.538. The van der Waals surface area contributed by atoms with E-state index in [1.54, 1.807) is 0 Å². The van der Waals surface area contributed by atoms with Crippen molar-refractivity contribution in [2.75, 3.05) is 0 Å². The maximum Gasteiger partial charge on any atom is 0.326 e. The largest absolute Gasteiger partial charge is 0.480 e. The number of carbonyl (C=O) groups is 3. The van der Waals surface area contributed by atoms with E-state index in [4.69, 9.17) is 9.84 Å². The van der Waals surface area contributed by atoms with Crippen LogP contribution >= 0.6 is 31.9 Å². The van der Waals surface area contributed by atoms with Crippen LogP contribution in [0.3, 0.4) is 0 Å². The fourth-order valence-electron chi connectivity index (χ4n) is 3.18. The molecule has 3 aliphatic heterocycles. The first-order valence-corrected chi connectivity index (χ1v) is 7.72. The molecule has 3 rings (SSSR count). The Morgan fingerprint density at radius 3 is 2.00 bits per heavy atom. The lowest BCUT2D eigenvalue weighted by molar-refractivity contribution is -0.155. The monoisotopic (exact) mass is 395 g/mol. The van der Waals surface area contributed by atoms with Crippen molar-refractivity contribution in [3.05, 3.63) is 0 Å². The van der Waals surface area contributed by atoms with E-state index in [-0.39, 0.29) is 21.9 Å². The zero-order valence-corrected chi connectivity index (χ0v) is 13.0. The molecular formula is C11H11Br2NO5. The summed E-state index contributed by atoms with van der Waals surface area (Å²) in [5, 5.41) is 9.00. The number of carboxylic acids is 1. The maximum absolute atomic E-state index is 12.3. The molecule has 3 fully saturated rings. The number of rotatable bonds is 2. The molecule has 3 heterocycles. The van der Waals surface area contributed by atoms with Crippen LogP contribution in [0.1, 0.15) is 6.92 Å². The zero-order valence-electron chi connectivity index (χ0n) is 9.82. The molecule has 0 unspecified atom stereocenters. The van der Waals surface area contributed by atoms with Gasteiger partial charge >= 0.3 is 5.97 Å². The van der Waals surface area contributed by atoms with Gasteiger partial charge in [0.2, 0.25) is 11.8 Å². The lowest BCUT2D eigenvalue weighted by Crippen LogP contribution is -2.45. The molecule has 0 radical (unpaired) electrons. The van der Waals surface area contributed by atoms with E-state index >= 15 is 0 Å². The van der Waals surface area contributed by atoms with Crippen molar-refractivity contribution >= 4 is 49.6 Å². The van der Waals surface area contributed by atoms with Crippen LogP contribution in [-0.2, 0) is 19.1 Å². The summed E-state index contributed by atoms with van der Waals surface area (Å²) in [7, 11) is 0. The van der Waals surface area contributed by atoms with Crippen LogP contribution in [0.2, 0.25) is 0 Å². The summed E-state index contributed by atoms with van der Waals surface area (Å²) in [4.78, 5) is 36.4. The van der Waals surface area contributed by atoms with Crippen LogP contribution in [0, 0.1) is 11.8 Å². The van der Waals surface area contributed by atoms with Crippen molar-refractivity contribution in [2.24, 2.45) is 11.8 Å². The summed E-state index contributed by atoms with van der Waals surface area (Å²) in [6.45, 7) is 1.35. The summed E-state index contributed by atoms with van der Waals surface area (Å²) in [5.41, 5.74) is 0. The average Bonchev–Trinajstić information content (AvgIpc) is 2.94. The Labute approximate surface area is 125 Å². The summed E-state index contributed by atoms with van der Waals surface area (Å²) in [6.07, 6.45) is -0.747. The molecule has 0 aromatic heterocycles. The number of hydrogen-bond donors (Lipinski definition) is 1. The fourth-order valence-corrected chi connectivity index (χ4v) is 4.69. The lowest BCUT2D eigenvalue weighted by atomic mass is 9.81. The molecule has 0 aromatic rings. The van der Waals surface area contributed by atoms with Gasteiger partial charge in [0.1, 0.15) is 6.04 Å². The van der Waals surface area contributed by atoms with Crippen LogP contribution in [0.15, 0.2) is 0 Å². The van der Waals surface area contributed by atoms with Gasteiger partial charge in [0.05, 0.1) is 33.7 Å². The third-order valence-corrected chi connectivity index (χ3v) is 7.02. The lowest BCUT2D eigenvalue weighted by Gasteiger charge is -2.24. The van der Waals surface area contributed by atoms with E-state index in [1.807, 2.05) is 0 Å². The van der Waals surface area contributed by atoms with Crippen molar-refractivity contribution in [1.82, 2.24) is 4.90 Å². The van der Waals surface area contributed by atoms with Gasteiger partial charge < -0.3 is 9.84 Å². The van der Waals surface area contributed by atoms with Gasteiger partial charge in [-0.15, -0.1) is 0 Å². The minimum Gasteiger partial charge on any atom is -0.480 e. The van der Waals surface area contributed by atoms with Crippen molar-refractivity contribution in [3.8, 4) is 0 Å². The molecular weight excluding hydrogens is 386 g/mol. The Morgan fingerprint density at radius 2 is 1.63 bits per heavy atom. The highest BCUT2D eigenvalue weighted by Gasteiger charge is 2.68. The van der Waals surface area contributed by atoms with Crippen molar-refractivity contribution in [2.45, 2.75) is 34.8 Å². The average molecular weight is 397 g/mol. The van der Waals surface area contributed by atoms with E-state index in [1.165, 1.54) is 6.92 Å². The summed E-state index contributed by atoms with van der Waals surface area (Å²) in [5.74, 6) is -3.15. The number of ether oxygens (including phenoxy) is 1. The van der Waals surface area contributed by atoms with Crippen LogP contribution < -0.4 is 0 Å². The normalized spacial score (nSPS) is 45.7. The van der Waals surface area contributed by atoms with Gasteiger partial charge in [-0.1, -0.05) is 31.9 Å². The minimum absolute atomic E-state index is 0.0458. The SMILES string of the molecule is C[C@H](C(=O)O)N1C(=O)[C@H]2[C@H]3O[C@@H]([C@@H](Br)[C@H]3Br)[C@@H]2C1=O. The van der Waals surface area contributed by atoms with Crippen LogP contribution in [0.4, 0.5) is 0 Å². The molecule has 7 atom stereocenters. The third-order valence-electron chi connectivity index (χ3n) is 4.13. The van der Waals surface area contributed by atoms with Gasteiger partial charge in [0.25, 0.3) is 0 Å². The molecule has 3 saturated heterocycles. The molecule has 0 aliphatic carbocycles. The van der Waals surface area contributed by atoms with E-state index in [2.05, 4.69) is 31.9 Å². The van der Waals surface area contributed by atoms with Crippen molar-refractivity contribution < 1.29 is 24.2 Å². The number of carbonyl (C=O) groups excluding carboxylic acids is 2. The topological polar surface area (TPSA) is 83.9 Å². The number of aliphatic carboxylic acids is 1. The Hall–Kier alpha value is -0.470.